The molecule has 2 rings (SSSR count). The first-order valence-corrected chi connectivity index (χ1v) is 5.12. The third kappa shape index (κ3) is 2.46. The van der Waals surface area contributed by atoms with Crippen molar-refractivity contribution in [3.05, 3.63) is 23.9 Å². The van der Waals surface area contributed by atoms with E-state index >= 15 is 0 Å². The lowest BCUT2D eigenvalue weighted by Gasteiger charge is -2.13. The Hall–Kier alpha value is -1.58. The molecule has 0 radical (unpaired) electrons. The molecule has 2 N–H and O–H groups in total. The maximum Gasteiger partial charge on any atom is 0.335 e. The van der Waals surface area contributed by atoms with Crippen molar-refractivity contribution in [3.8, 4) is 0 Å². The number of carboxylic acid groups (broad SMARTS) is 1. The van der Waals surface area contributed by atoms with Crippen LogP contribution < -0.4 is 5.32 Å². The van der Waals surface area contributed by atoms with Crippen molar-refractivity contribution in [2.24, 2.45) is 5.92 Å². The molecule has 80 valence electrons. The summed E-state index contributed by atoms with van der Waals surface area (Å²) in [6, 6.07) is 3.44. The second-order valence-electron chi connectivity index (χ2n) is 4.01. The van der Waals surface area contributed by atoms with Crippen LogP contribution >= 0.6 is 0 Å². The third-order valence-corrected chi connectivity index (χ3v) is 2.71. The Morgan fingerprint density at radius 1 is 1.67 bits per heavy atom. The highest BCUT2D eigenvalue weighted by molar-refractivity contribution is 5.88. The van der Waals surface area contributed by atoms with Crippen LogP contribution in [0.25, 0.3) is 0 Å². The van der Waals surface area contributed by atoms with Crippen LogP contribution in [0, 0.1) is 5.92 Å². The van der Waals surface area contributed by atoms with Gasteiger partial charge in [-0.15, -0.1) is 0 Å². The van der Waals surface area contributed by atoms with Crippen LogP contribution in [-0.2, 0) is 0 Å². The zero-order valence-electron chi connectivity index (χ0n) is 8.60. The lowest BCUT2D eigenvalue weighted by atomic mass is 10.2. The van der Waals surface area contributed by atoms with E-state index in [0.717, 1.165) is 5.92 Å². The van der Waals surface area contributed by atoms with Crippen molar-refractivity contribution in [2.45, 2.75) is 25.8 Å². The number of pyridine rings is 1. The van der Waals surface area contributed by atoms with Gasteiger partial charge < -0.3 is 10.4 Å². The number of carbonyl (C=O) groups is 1. The van der Waals surface area contributed by atoms with E-state index in [1.807, 2.05) is 0 Å². The molecule has 1 heterocycles. The van der Waals surface area contributed by atoms with Crippen molar-refractivity contribution < 1.29 is 9.90 Å². The third-order valence-electron chi connectivity index (χ3n) is 2.71. The summed E-state index contributed by atoms with van der Waals surface area (Å²) in [5.41, 5.74) is 0.274. The Bertz CT molecular complexity index is 375. The predicted octanol–water partition coefficient (Wildman–Crippen LogP) is 1.99. The van der Waals surface area contributed by atoms with E-state index in [2.05, 4.69) is 17.2 Å². The number of hydrogen-bond donors (Lipinski definition) is 2. The van der Waals surface area contributed by atoms with E-state index in [4.69, 9.17) is 5.11 Å². The maximum absolute atomic E-state index is 10.7. The van der Waals surface area contributed by atoms with Crippen LogP contribution in [0.3, 0.4) is 0 Å². The molecule has 4 nitrogen and oxygen atoms in total. The van der Waals surface area contributed by atoms with Gasteiger partial charge in [-0.2, -0.15) is 0 Å². The fraction of sp³-hybridized carbons (Fsp3) is 0.455. The second-order valence-corrected chi connectivity index (χ2v) is 4.01. The molecular formula is C11H14N2O2. The minimum absolute atomic E-state index is 0.274. The normalized spacial score (nSPS) is 17.1. The van der Waals surface area contributed by atoms with E-state index in [-0.39, 0.29) is 5.56 Å². The molecule has 1 fully saturated rings. The minimum Gasteiger partial charge on any atom is -0.478 e. The van der Waals surface area contributed by atoms with E-state index in [1.54, 1.807) is 6.07 Å². The first kappa shape index (κ1) is 9.96. The van der Waals surface area contributed by atoms with Crippen molar-refractivity contribution in [2.75, 3.05) is 5.32 Å². The van der Waals surface area contributed by atoms with Gasteiger partial charge >= 0.3 is 5.97 Å². The van der Waals surface area contributed by atoms with Gasteiger partial charge in [-0.1, -0.05) is 0 Å². The summed E-state index contributed by atoms with van der Waals surface area (Å²) in [7, 11) is 0. The van der Waals surface area contributed by atoms with Crippen LogP contribution in [0.2, 0.25) is 0 Å². The zero-order valence-corrected chi connectivity index (χ0v) is 8.60. The summed E-state index contributed by atoms with van der Waals surface area (Å²) in [6.07, 6.45) is 4.03. The number of hydrogen-bond acceptors (Lipinski definition) is 3. The van der Waals surface area contributed by atoms with Crippen molar-refractivity contribution in [1.82, 2.24) is 4.98 Å². The van der Waals surface area contributed by atoms with Gasteiger partial charge in [-0.05, 0) is 37.8 Å². The number of anilines is 1. The van der Waals surface area contributed by atoms with E-state index in [9.17, 15) is 4.79 Å². The Kier molecular flexibility index (Phi) is 2.58. The van der Waals surface area contributed by atoms with Gasteiger partial charge in [0.2, 0.25) is 0 Å². The molecule has 15 heavy (non-hydrogen) atoms. The van der Waals surface area contributed by atoms with Crippen LogP contribution in [-0.4, -0.2) is 22.1 Å². The largest absolute Gasteiger partial charge is 0.478 e. The molecule has 0 amide bonds. The molecule has 0 bridgehead atoms. The molecule has 0 aromatic carbocycles. The first-order chi connectivity index (χ1) is 7.16. The number of aromatic nitrogens is 1. The lowest BCUT2D eigenvalue weighted by Crippen LogP contribution is -2.18. The van der Waals surface area contributed by atoms with Gasteiger partial charge in [0.15, 0.2) is 0 Å². The minimum atomic E-state index is -0.917. The molecule has 0 spiro atoms. The number of rotatable bonds is 4. The summed E-state index contributed by atoms with van der Waals surface area (Å²) in [6.45, 7) is 2.10. The number of aromatic carboxylic acids is 1. The highest BCUT2D eigenvalue weighted by atomic mass is 16.4. The van der Waals surface area contributed by atoms with E-state index < -0.39 is 5.97 Å². The molecule has 1 aliphatic carbocycles. The molecule has 4 heteroatoms. The molecule has 0 saturated heterocycles. The van der Waals surface area contributed by atoms with Crippen LogP contribution in [0.5, 0.6) is 0 Å². The summed E-state index contributed by atoms with van der Waals surface area (Å²) in [4.78, 5) is 14.8. The van der Waals surface area contributed by atoms with E-state index in [0.29, 0.717) is 11.9 Å². The molecule has 1 aliphatic rings. The highest BCUT2D eigenvalue weighted by Crippen LogP contribution is 2.33. The van der Waals surface area contributed by atoms with Crippen molar-refractivity contribution in [1.29, 1.82) is 0 Å². The molecule has 1 unspecified atom stereocenters. The topological polar surface area (TPSA) is 62.2 Å². The summed E-state index contributed by atoms with van der Waals surface area (Å²) in [5, 5.41) is 12.0. The lowest BCUT2D eigenvalue weighted by molar-refractivity contribution is 0.0697. The van der Waals surface area contributed by atoms with Crippen LogP contribution in [0.1, 0.15) is 30.1 Å². The fourth-order valence-electron chi connectivity index (χ4n) is 1.59. The monoisotopic (exact) mass is 206 g/mol. The second kappa shape index (κ2) is 3.88. The quantitative estimate of drug-likeness (QED) is 0.790. The Balaban J connectivity index is 2.07. The van der Waals surface area contributed by atoms with Crippen molar-refractivity contribution in [3.63, 3.8) is 0 Å². The summed E-state index contributed by atoms with van der Waals surface area (Å²) < 4.78 is 0. The average molecular weight is 206 g/mol. The molecule has 0 aliphatic heterocycles. The molecule has 1 aromatic rings. The van der Waals surface area contributed by atoms with Gasteiger partial charge in [-0.3, -0.25) is 0 Å². The smallest absolute Gasteiger partial charge is 0.335 e. The molecular weight excluding hydrogens is 192 g/mol. The van der Waals surface area contributed by atoms with Gasteiger partial charge in [0, 0.05) is 12.2 Å². The number of nitrogens with zero attached hydrogens (tertiary/aromatic N) is 1. The number of nitrogens with one attached hydrogen (secondary N) is 1. The molecule has 1 aromatic heterocycles. The average Bonchev–Trinajstić information content (AvgIpc) is 3.01. The van der Waals surface area contributed by atoms with Crippen LogP contribution in [0.15, 0.2) is 18.3 Å². The fourth-order valence-corrected chi connectivity index (χ4v) is 1.59. The number of carboxylic acids is 1. The van der Waals surface area contributed by atoms with E-state index in [1.165, 1.54) is 25.1 Å². The van der Waals surface area contributed by atoms with Crippen LogP contribution in [0.4, 0.5) is 5.82 Å². The van der Waals surface area contributed by atoms with Gasteiger partial charge in [0.25, 0.3) is 0 Å². The summed E-state index contributed by atoms with van der Waals surface area (Å²) >= 11 is 0. The Morgan fingerprint density at radius 2 is 2.40 bits per heavy atom. The molecule has 1 saturated carbocycles. The summed E-state index contributed by atoms with van der Waals surface area (Å²) in [5.74, 6) is 0.453. The Labute approximate surface area is 88.3 Å². The van der Waals surface area contributed by atoms with Gasteiger partial charge in [0.1, 0.15) is 5.82 Å². The van der Waals surface area contributed by atoms with Crippen molar-refractivity contribution >= 4 is 11.8 Å². The zero-order chi connectivity index (χ0) is 10.8. The molecule has 1 atom stereocenters. The Morgan fingerprint density at radius 3 is 3.00 bits per heavy atom. The highest BCUT2D eigenvalue weighted by Gasteiger charge is 2.27. The first-order valence-electron chi connectivity index (χ1n) is 5.12. The van der Waals surface area contributed by atoms with Gasteiger partial charge in [-0.25, -0.2) is 9.78 Å². The van der Waals surface area contributed by atoms with Gasteiger partial charge in [0.05, 0.1) is 5.56 Å². The standard InChI is InChI=1S/C11H14N2O2/c1-7(8-2-3-8)13-10-6-9(11(14)15)4-5-12-10/h4-8H,2-3H2,1H3,(H,12,13)(H,14,15). The SMILES string of the molecule is CC(Nc1cc(C(=O)O)ccn1)C1CC1. The maximum atomic E-state index is 10.7. The predicted molar refractivity (Wildman–Crippen MR) is 57.0 cm³/mol.